The first-order chi connectivity index (χ1) is 10.4. The average molecular weight is 411 g/mol. The summed E-state index contributed by atoms with van der Waals surface area (Å²) in [6, 6.07) is 7.25. The molecule has 22 heavy (non-hydrogen) atoms. The van der Waals surface area contributed by atoms with Gasteiger partial charge in [-0.3, -0.25) is 9.59 Å². The first kappa shape index (κ1) is 14.3. The first-order valence-corrected chi connectivity index (χ1v) is 8.14. The van der Waals surface area contributed by atoms with Crippen molar-refractivity contribution in [3.05, 3.63) is 40.0 Å². The lowest BCUT2D eigenvalue weighted by Gasteiger charge is -2.26. The summed E-state index contributed by atoms with van der Waals surface area (Å²) in [5.41, 5.74) is -1.32. The molecule has 0 radical (unpaired) electrons. The van der Waals surface area contributed by atoms with Crippen molar-refractivity contribution < 1.29 is 19.4 Å². The lowest BCUT2D eigenvalue weighted by molar-refractivity contribution is -0.131. The van der Waals surface area contributed by atoms with Crippen LogP contribution < -0.4 is 4.90 Å². The van der Waals surface area contributed by atoms with Crippen molar-refractivity contribution in [1.29, 1.82) is 0 Å². The van der Waals surface area contributed by atoms with Crippen molar-refractivity contribution >= 4 is 40.1 Å². The summed E-state index contributed by atoms with van der Waals surface area (Å²) in [6.45, 7) is 1.49. The second-order valence-corrected chi connectivity index (χ2v) is 7.42. The van der Waals surface area contributed by atoms with E-state index in [0.717, 1.165) is 3.57 Å². The van der Waals surface area contributed by atoms with E-state index in [4.69, 9.17) is 4.74 Å². The Hall–Kier alpha value is -1.25. The first-order valence-electron chi connectivity index (χ1n) is 7.07. The standard InChI is InChI=1S/C16H14INO4/c1-15-6-7-16(8-19,22-15)12-11(15)13(20)18(14(12)21)10-4-2-9(17)3-5-10/h2-7,11-12,19H,8H2,1H3/t11-,12+,15-,16-/m0/s1. The number of ether oxygens (including phenoxy) is 1. The molecule has 6 heteroatoms. The van der Waals surface area contributed by atoms with Gasteiger partial charge in [0.1, 0.15) is 5.60 Å². The van der Waals surface area contributed by atoms with Crippen LogP contribution >= 0.6 is 22.6 Å². The summed E-state index contributed by atoms with van der Waals surface area (Å²) in [7, 11) is 0. The van der Waals surface area contributed by atoms with Crippen LogP contribution in [-0.2, 0) is 14.3 Å². The number of aliphatic hydroxyl groups excluding tert-OH is 1. The van der Waals surface area contributed by atoms with Gasteiger partial charge in [0.25, 0.3) is 0 Å². The van der Waals surface area contributed by atoms with Gasteiger partial charge in [-0.2, -0.15) is 0 Å². The van der Waals surface area contributed by atoms with E-state index in [1.807, 2.05) is 12.1 Å². The number of rotatable bonds is 2. The number of carbonyl (C=O) groups is 2. The van der Waals surface area contributed by atoms with Crippen LogP contribution in [0.4, 0.5) is 5.69 Å². The Kier molecular flexibility index (Phi) is 2.87. The molecule has 0 unspecified atom stereocenters. The lowest BCUT2D eigenvalue weighted by atomic mass is 9.73. The topological polar surface area (TPSA) is 66.8 Å². The average Bonchev–Trinajstić information content (AvgIpc) is 3.07. The maximum atomic E-state index is 12.9. The van der Waals surface area contributed by atoms with E-state index in [9.17, 15) is 14.7 Å². The molecule has 4 rings (SSSR count). The van der Waals surface area contributed by atoms with Gasteiger partial charge in [0.15, 0.2) is 0 Å². The summed E-state index contributed by atoms with van der Waals surface area (Å²) in [6.07, 6.45) is 3.53. The van der Waals surface area contributed by atoms with Crippen molar-refractivity contribution in [2.45, 2.75) is 18.1 Å². The summed E-state index contributed by atoms with van der Waals surface area (Å²) in [5.74, 6) is -1.77. The van der Waals surface area contributed by atoms with Crippen LogP contribution in [0.15, 0.2) is 36.4 Å². The molecule has 1 aromatic carbocycles. The predicted octanol–water partition coefficient (Wildman–Crippen LogP) is 1.49. The molecule has 3 aliphatic rings. The molecule has 1 aromatic rings. The zero-order valence-electron chi connectivity index (χ0n) is 11.8. The van der Waals surface area contributed by atoms with E-state index in [1.165, 1.54) is 4.90 Å². The number of nitrogens with zero attached hydrogens (tertiary/aromatic N) is 1. The largest absolute Gasteiger partial charge is 0.393 e. The molecular formula is C16H14INO4. The molecule has 0 aliphatic carbocycles. The highest BCUT2D eigenvalue weighted by atomic mass is 127. The molecular weight excluding hydrogens is 397 g/mol. The van der Waals surface area contributed by atoms with Gasteiger partial charge in [-0.25, -0.2) is 4.90 Å². The zero-order valence-corrected chi connectivity index (χ0v) is 14.0. The summed E-state index contributed by atoms with van der Waals surface area (Å²) >= 11 is 2.17. The maximum Gasteiger partial charge on any atom is 0.241 e. The molecule has 2 bridgehead atoms. The molecule has 3 aliphatic heterocycles. The molecule has 2 saturated heterocycles. The van der Waals surface area contributed by atoms with E-state index >= 15 is 0 Å². The van der Waals surface area contributed by atoms with E-state index in [-0.39, 0.29) is 18.4 Å². The third-order valence-electron chi connectivity index (χ3n) is 4.89. The second-order valence-electron chi connectivity index (χ2n) is 6.18. The van der Waals surface area contributed by atoms with Gasteiger partial charge in [0, 0.05) is 3.57 Å². The molecule has 3 heterocycles. The Labute approximate surface area is 141 Å². The molecule has 1 N–H and O–H groups in total. The Morgan fingerprint density at radius 1 is 1.18 bits per heavy atom. The minimum absolute atomic E-state index is 0.251. The van der Waals surface area contributed by atoms with Crippen LogP contribution in [0.2, 0.25) is 0 Å². The Morgan fingerprint density at radius 2 is 1.82 bits per heavy atom. The zero-order chi connectivity index (χ0) is 15.7. The fraction of sp³-hybridized carbons (Fsp3) is 0.375. The minimum atomic E-state index is -1.07. The van der Waals surface area contributed by atoms with Gasteiger partial charge in [-0.1, -0.05) is 12.2 Å². The number of imide groups is 1. The summed E-state index contributed by atoms with van der Waals surface area (Å²) < 4.78 is 6.91. The van der Waals surface area contributed by atoms with Crippen LogP contribution in [0.5, 0.6) is 0 Å². The maximum absolute atomic E-state index is 12.9. The van der Waals surface area contributed by atoms with Gasteiger partial charge in [0.05, 0.1) is 29.7 Å². The summed E-state index contributed by atoms with van der Waals surface area (Å²) in [5, 5.41) is 9.74. The number of carbonyl (C=O) groups excluding carboxylic acids is 2. The highest BCUT2D eigenvalue weighted by Gasteiger charge is 2.72. The molecule has 114 valence electrons. The minimum Gasteiger partial charge on any atom is -0.393 e. The van der Waals surface area contributed by atoms with Crippen LogP contribution in [0.3, 0.4) is 0 Å². The number of benzene rings is 1. The number of fused-ring (bicyclic) bond motifs is 5. The number of aliphatic hydroxyl groups is 1. The van der Waals surface area contributed by atoms with Gasteiger partial charge in [0.2, 0.25) is 11.8 Å². The number of hydrogen-bond donors (Lipinski definition) is 1. The number of anilines is 1. The summed E-state index contributed by atoms with van der Waals surface area (Å²) in [4.78, 5) is 26.9. The van der Waals surface area contributed by atoms with E-state index in [1.54, 1.807) is 31.2 Å². The van der Waals surface area contributed by atoms with Gasteiger partial charge in [-0.05, 0) is 53.8 Å². The van der Waals surface area contributed by atoms with Crippen LogP contribution in [0.1, 0.15) is 6.92 Å². The van der Waals surface area contributed by atoms with Crippen molar-refractivity contribution in [2.75, 3.05) is 11.5 Å². The number of amides is 2. The Morgan fingerprint density at radius 3 is 2.45 bits per heavy atom. The fourth-order valence-corrected chi connectivity index (χ4v) is 4.25. The Balaban J connectivity index is 1.80. The van der Waals surface area contributed by atoms with Crippen LogP contribution in [0.25, 0.3) is 0 Å². The van der Waals surface area contributed by atoms with Gasteiger partial charge < -0.3 is 9.84 Å². The number of halogens is 1. The van der Waals surface area contributed by atoms with E-state index in [2.05, 4.69) is 22.6 Å². The van der Waals surface area contributed by atoms with E-state index < -0.39 is 23.0 Å². The molecule has 0 aromatic heterocycles. The molecule has 4 atom stereocenters. The quantitative estimate of drug-likeness (QED) is 0.455. The molecule has 0 saturated carbocycles. The smallest absolute Gasteiger partial charge is 0.241 e. The molecule has 2 amide bonds. The van der Waals surface area contributed by atoms with Crippen molar-refractivity contribution in [1.82, 2.24) is 0 Å². The van der Waals surface area contributed by atoms with Crippen molar-refractivity contribution in [3.8, 4) is 0 Å². The lowest BCUT2D eigenvalue weighted by Crippen LogP contribution is -2.43. The van der Waals surface area contributed by atoms with E-state index in [0.29, 0.717) is 5.69 Å². The second kappa shape index (κ2) is 4.39. The highest BCUT2D eigenvalue weighted by Crippen LogP contribution is 2.57. The number of hydrogen-bond acceptors (Lipinski definition) is 4. The molecule has 5 nitrogen and oxygen atoms in total. The van der Waals surface area contributed by atoms with Crippen LogP contribution in [-0.4, -0.2) is 34.7 Å². The van der Waals surface area contributed by atoms with Gasteiger partial charge >= 0.3 is 0 Å². The predicted molar refractivity (Wildman–Crippen MR) is 87.1 cm³/mol. The fourth-order valence-electron chi connectivity index (χ4n) is 3.89. The van der Waals surface area contributed by atoms with Crippen molar-refractivity contribution in [2.24, 2.45) is 11.8 Å². The Bertz CT molecular complexity index is 715. The van der Waals surface area contributed by atoms with Crippen molar-refractivity contribution in [3.63, 3.8) is 0 Å². The normalized spacial score (nSPS) is 39.0. The third kappa shape index (κ3) is 1.60. The third-order valence-corrected chi connectivity index (χ3v) is 5.61. The monoisotopic (exact) mass is 411 g/mol. The van der Waals surface area contributed by atoms with Gasteiger partial charge in [-0.15, -0.1) is 0 Å². The molecule has 0 spiro atoms. The highest BCUT2D eigenvalue weighted by molar-refractivity contribution is 14.1. The van der Waals surface area contributed by atoms with Crippen LogP contribution in [0, 0.1) is 15.4 Å². The SMILES string of the molecule is C[C@@]12C=C[C@@](CO)(O1)[C@H]1C(=O)N(c3ccc(I)cc3)C(=O)[C@H]12. The molecule has 2 fully saturated rings.